The van der Waals surface area contributed by atoms with Gasteiger partial charge in [0.25, 0.3) is 0 Å². The molecule has 1 aromatic carbocycles. The third-order valence-electron chi connectivity index (χ3n) is 6.02. The van der Waals surface area contributed by atoms with Crippen LogP contribution in [0.15, 0.2) is 21.7 Å². The summed E-state index contributed by atoms with van der Waals surface area (Å²) >= 11 is 0. The molecule has 3 heterocycles. The minimum absolute atomic E-state index is 0.201. The number of rotatable bonds is 3. The van der Waals surface area contributed by atoms with E-state index in [2.05, 4.69) is 42.9 Å². The topological polar surface area (TPSA) is 79.5 Å². The van der Waals surface area contributed by atoms with Crippen LogP contribution in [0, 0.1) is 23.7 Å². The molecule has 4 atom stereocenters. The third-order valence-corrected chi connectivity index (χ3v) is 7.88. The maximum atomic E-state index is 13.4. The van der Waals surface area contributed by atoms with Gasteiger partial charge >= 0.3 is 0 Å². The molecule has 2 aliphatic rings. The Balaban J connectivity index is 1.73. The number of anilines is 1. The summed E-state index contributed by atoms with van der Waals surface area (Å²) in [4.78, 5) is 2.49. The normalized spacial score (nSPS) is 30.1. The van der Waals surface area contributed by atoms with Crippen molar-refractivity contribution >= 4 is 26.7 Å². The van der Waals surface area contributed by atoms with Crippen LogP contribution < -0.4 is 4.90 Å². The Morgan fingerprint density at radius 3 is 2.00 bits per heavy atom. The number of nitrogens with zero attached hydrogens (tertiary/aromatic N) is 4. The number of fused-ring (bicyclic) bond motifs is 1. The van der Waals surface area contributed by atoms with Gasteiger partial charge in [0.2, 0.25) is 10.0 Å². The minimum atomic E-state index is -3.64. The van der Waals surface area contributed by atoms with Gasteiger partial charge < -0.3 is 4.90 Å². The highest BCUT2D eigenvalue weighted by Gasteiger charge is 2.35. The second kappa shape index (κ2) is 7.30. The lowest BCUT2D eigenvalue weighted by molar-refractivity contribution is 0.222. The third kappa shape index (κ3) is 3.52. The second-order valence-corrected chi connectivity index (χ2v) is 11.1. The molecule has 2 fully saturated rings. The highest BCUT2D eigenvalue weighted by atomic mass is 32.2. The van der Waals surface area contributed by atoms with Crippen LogP contribution in [0.1, 0.15) is 40.5 Å². The standard InChI is InChI=1S/C20H30N4O3S/c1-13-7-14(2)10-23(9-13)17-5-6-18(20-19(17)21-27-22-20)28(25,26)24-11-15(3)8-16(4)12-24/h5-6,13-16H,7-12H2,1-4H3/t13-,14+,15-,16+. The van der Waals surface area contributed by atoms with Gasteiger partial charge in [0.15, 0.2) is 11.0 Å². The van der Waals surface area contributed by atoms with Crippen molar-refractivity contribution in [2.24, 2.45) is 23.7 Å². The minimum Gasteiger partial charge on any atom is -0.369 e. The van der Waals surface area contributed by atoms with E-state index in [0.29, 0.717) is 47.8 Å². The molecule has 154 valence electrons. The van der Waals surface area contributed by atoms with Crippen molar-refractivity contribution in [3.8, 4) is 0 Å². The van der Waals surface area contributed by atoms with Crippen molar-refractivity contribution in [2.75, 3.05) is 31.1 Å². The van der Waals surface area contributed by atoms with E-state index in [9.17, 15) is 8.42 Å². The fraction of sp³-hybridized carbons (Fsp3) is 0.700. The van der Waals surface area contributed by atoms with Crippen molar-refractivity contribution < 1.29 is 13.0 Å². The van der Waals surface area contributed by atoms with Crippen molar-refractivity contribution in [3.63, 3.8) is 0 Å². The highest BCUT2D eigenvalue weighted by molar-refractivity contribution is 7.89. The average Bonchev–Trinajstić information content (AvgIpc) is 3.08. The van der Waals surface area contributed by atoms with Gasteiger partial charge in [0.1, 0.15) is 4.90 Å². The molecule has 0 N–H and O–H groups in total. The Morgan fingerprint density at radius 2 is 1.39 bits per heavy atom. The van der Waals surface area contributed by atoms with E-state index < -0.39 is 10.0 Å². The Morgan fingerprint density at radius 1 is 0.857 bits per heavy atom. The number of sulfonamides is 1. The number of hydrogen-bond acceptors (Lipinski definition) is 6. The predicted molar refractivity (Wildman–Crippen MR) is 109 cm³/mol. The van der Waals surface area contributed by atoms with Crippen LogP contribution in [0.25, 0.3) is 11.0 Å². The van der Waals surface area contributed by atoms with Gasteiger partial charge in [-0.3, -0.25) is 0 Å². The molecule has 0 unspecified atom stereocenters. The molecule has 4 rings (SSSR count). The second-order valence-electron chi connectivity index (χ2n) is 9.16. The first kappa shape index (κ1) is 19.6. The number of aromatic nitrogens is 2. The average molecular weight is 407 g/mol. The predicted octanol–water partition coefficient (Wildman–Crippen LogP) is 3.37. The summed E-state index contributed by atoms with van der Waals surface area (Å²) < 4.78 is 33.4. The molecule has 0 aliphatic carbocycles. The lowest BCUT2D eigenvalue weighted by Crippen LogP contribution is -2.42. The van der Waals surface area contributed by atoms with Gasteiger partial charge in [-0.15, -0.1) is 0 Å². The molecule has 1 aromatic heterocycles. The van der Waals surface area contributed by atoms with Crippen molar-refractivity contribution in [2.45, 2.75) is 45.4 Å². The molecular formula is C20H30N4O3S. The summed E-state index contributed by atoms with van der Waals surface area (Å²) in [7, 11) is -3.64. The van der Waals surface area contributed by atoms with Gasteiger partial charge in [-0.05, 0) is 59.0 Å². The summed E-state index contributed by atoms with van der Waals surface area (Å²) in [5.74, 6) is 1.86. The number of piperidine rings is 2. The summed E-state index contributed by atoms with van der Waals surface area (Å²) in [6, 6.07) is 3.56. The van der Waals surface area contributed by atoms with E-state index in [1.807, 2.05) is 6.07 Å². The number of hydrogen-bond donors (Lipinski definition) is 0. The molecule has 2 saturated heterocycles. The van der Waals surface area contributed by atoms with Gasteiger partial charge in [-0.2, -0.15) is 4.31 Å². The van der Waals surface area contributed by atoms with Crippen molar-refractivity contribution in [1.29, 1.82) is 0 Å². The molecule has 2 aliphatic heterocycles. The molecule has 0 radical (unpaired) electrons. The van der Waals surface area contributed by atoms with E-state index in [1.54, 1.807) is 10.4 Å². The van der Waals surface area contributed by atoms with Crippen LogP contribution in [0.2, 0.25) is 0 Å². The van der Waals surface area contributed by atoms with Gasteiger partial charge in [-0.1, -0.05) is 27.7 Å². The van der Waals surface area contributed by atoms with E-state index in [0.717, 1.165) is 25.2 Å². The maximum Gasteiger partial charge on any atom is 0.245 e. The van der Waals surface area contributed by atoms with Crippen LogP contribution >= 0.6 is 0 Å². The highest BCUT2D eigenvalue weighted by Crippen LogP contribution is 2.35. The quantitative estimate of drug-likeness (QED) is 0.777. The lowest BCUT2D eigenvalue weighted by atomic mass is 9.91. The monoisotopic (exact) mass is 406 g/mol. The summed E-state index contributed by atoms with van der Waals surface area (Å²) in [6.07, 6.45) is 2.26. The lowest BCUT2D eigenvalue weighted by Gasteiger charge is -2.36. The summed E-state index contributed by atoms with van der Waals surface area (Å²) in [6.45, 7) is 11.7. The van der Waals surface area contributed by atoms with E-state index in [-0.39, 0.29) is 4.90 Å². The molecule has 0 bridgehead atoms. The van der Waals surface area contributed by atoms with E-state index >= 15 is 0 Å². The molecule has 2 aromatic rings. The largest absolute Gasteiger partial charge is 0.369 e. The van der Waals surface area contributed by atoms with Crippen LogP contribution in [0.4, 0.5) is 5.69 Å². The number of benzene rings is 1. The van der Waals surface area contributed by atoms with Gasteiger partial charge in [-0.25, -0.2) is 13.0 Å². The molecule has 28 heavy (non-hydrogen) atoms. The van der Waals surface area contributed by atoms with Crippen LogP contribution in [-0.4, -0.2) is 49.2 Å². The molecular weight excluding hydrogens is 376 g/mol. The molecule has 8 heteroatoms. The smallest absolute Gasteiger partial charge is 0.245 e. The molecule has 7 nitrogen and oxygen atoms in total. The van der Waals surface area contributed by atoms with Crippen LogP contribution in [0.3, 0.4) is 0 Å². The first-order chi connectivity index (χ1) is 13.3. The van der Waals surface area contributed by atoms with Crippen LogP contribution in [0.5, 0.6) is 0 Å². The Hall–Kier alpha value is -1.67. The molecule has 0 amide bonds. The Bertz CT molecular complexity index is 938. The molecule has 0 saturated carbocycles. The Labute approximate surface area is 167 Å². The zero-order valence-corrected chi connectivity index (χ0v) is 17.9. The van der Waals surface area contributed by atoms with Gasteiger partial charge in [0.05, 0.1) is 5.69 Å². The summed E-state index contributed by atoms with van der Waals surface area (Å²) in [5, 5.41) is 8.08. The zero-order valence-electron chi connectivity index (χ0n) is 17.1. The fourth-order valence-corrected chi connectivity index (χ4v) is 6.89. The maximum absolute atomic E-state index is 13.4. The first-order valence-corrected chi connectivity index (χ1v) is 11.7. The van der Waals surface area contributed by atoms with Crippen LogP contribution in [-0.2, 0) is 10.0 Å². The molecule has 0 spiro atoms. The Kier molecular flexibility index (Phi) is 5.12. The summed E-state index contributed by atoms with van der Waals surface area (Å²) in [5.41, 5.74) is 1.80. The van der Waals surface area contributed by atoms with Gasteiger partial charge in [0, 0.05) is 26.2 Å². The SMILES string of the molecule is C[C@@H]1C[C@H](C)CN(c2ccc(S(=O)(=O)N3C[C@H](C)C[C@H](C)C3)c3nonc23)C1. The van der Waals surface area contributed by atoms with E-state index in [1.165, 1.54) is 6.42 Å². The fourth-order valence-electron chi connectivity index (χ4n) is 5.09. The van der Waals surface area contributed by atoms with Crippen molar-refractivity contribution in [1.82, 2.24) is 14.6 Å². The first-order valence-electron chi connectivity index (χ1n) is 10.3. The van der Waals surface area contributed by atoms with E-state index in [4.69, 9.17) is 4.63 Å². The zero-order chi connectivity index (χ0) is 20.1. The van der Waals surface area contributed by atoms with Crippen molar-refractivity contribution in [3.05, 3.63) is 12.1 Å².